The van der Waals surface area contributed by atoms with Gasteiger partial charge in [0.15, 0.2) is 29.8 Å². The van der Waals surface area contributed by atoms with E-state index >= 15 is 0 Å². The van der Waals surface area contributed by atoms with Crippen molar-refractivity contribution in [2.24, 2.45) is 0 Å². The lowest BCUT2D eigenvalue weighted by atomic mass is 9.99. The summed E-state index contributed by atoms with van der Waals surface area (Å²) in [5, 5.41) is 10.3. The molecule has 2 aromatic heterocycles. The van der Waals surface area contributed by atoms with Crippen LogP contribution in [0.15, 0.2) is 27.7 Å². The highest BCUT2D eigenvalue weighted by atomic mass is 16.8. The number of hydrogen-bond acceptors (Lipinski definition) is 9. The van der Waals surface area contributed by atoms with Crippen LogP contribution in [0.3, 0.4) is 0 Å². The van der Waals surface area contributed by atoms with Gasteiger partial charge in [-0.25, -0.2) is 9.97 Å². The lowest BCUT2D eigenvalue weighted by Crippen LogP contribution is -2.48. The van der Waals surface area contributed by atoms with Gasteiger partial charge in [-0.3, -0.25) is 0 Å². The summed E-state index contributed by atoms with van der Waals surface area (Å²) in [6.07, 6.45) is 2.55. The molecule has 4 rings (SSSR count). The number of hydrogen-bond donors (Lipinski definition) is 1. The first-order valence-electron chi connectivity index (χ1n) is 9.36. The average molecular weight is 394 g/mol. The Morgan fingerprint density at radius 2 is 1.82 bits per heavy atom. The molecule has 2 aromatic rings. The molecule has 2 fully saturated rings. The number of aliphatic hydroxyl groups excluding tert-OH is 1. The summed E-state index contributed by atoms with van der Waals surface area (Å²) in [6.45, 7) is 9.45. The number of aromatic nitrogens is 2. The standard InChI is InChI=1S/C19H26N2O7/c1-10-16(28-18(2,3)25-10)13-6-12(26-19(4,5)27-13)11-8-23-17(21-11)15(22)14-7-20-9-24-14/h7-10,12-13,15-16,22H,6H2,1-5H3/t10-,12+,13-,15+,16+/m1/s1. The Hall–Kier alpha value is -1.78. The third-order valence-electron chi connectivity index (χ3n) is 4.85. The zero-order valence-corrected chi connectivity index (χ0v) is 16.6. The second-order valence-electron chi connectivity index (χ2n) is 8.12. The smallest absolute Gasteiger partial charge is 0.231 e. The summed E-state index contributed by atoms with van der Waals surface area (Å²) in [5.41, 5.74) is 0.570. The van der Waals surface area contributed by atoms with Gasteiger partial charge in [-0.1, -0.05) is 0 Å². The maximum atomic E-state index is 10.3. The minimum atomic E-state index is -1.13. The molecule has 4 heterocycles. The van der Waals surface area contributed by atoms with E-state index in [9.17, 15) is 5.11 Å². The quantitative estimate of drug-likeness (QED) is 0.837. The second-order valence-corrected chi connectivity index (χ2v) is 8.12. The van der Waals surface area contributed by atoms with Crippen LogP contribution in [0.1, 0.15) is 70.6 Å². The first-order chi connectivity index (χ1) is 13.1. The van der Waals surface area contributed by atoms with E-state index in [-0.39, 0.29) is 36.1 Å². The van der Waals surface area contributed by atoms with Gasteiger partial charge in [0.05, 0.1) is 18.4 Å². The zero-order valence-electron chi connectivity index (χ0n) is 16.6. The van der Waals surface area contributed by atoms with E-state index in [0.717, 1.165) is 0 Å². The van der Waals surface area contributed by atoms with Crippen LogP contribution in [0.4, 0.5) is 0 Å². The van der Waals surface area contributed by atoms with Gasteiger partial charge in [0.25, 0.3) is 0 Å². The molecule has 2 aliphatic rings. The van der Waals surface area contributed by atoms with E-state index in [1.165, 1.54) is 18.9 Å². The fourth-order valence-corrected chi connectivity index (χ4v) is 3.83. The molecule has 1 N–H and O–H groups in total. The molecular weight excluding hydrogens is 368 g/mol. The maximum Gasteiger partial charge on any atom is 0.231 e. The van der Waals surface area contributed by atoms with Crippen LogP contribution in [0.2, 0.25) is 0 Å². The molecule has 0 aliphatic carbocycles. The summed E-state index contributed by atoms with van der Waals surface area (Å²) >= 11 is 0. The number of oxazole rings is 2. The van der Waals surface area contributed by atoms with Crippen molar-refractivity contribution in [2.45, 2.75) is 83.1 Å². The fourth-order valence-electron chi connectivity index (χ4n) is 3.83. The van der Waals surface area contributed by atoms with Crippen LogP contribution in [0.25, 0.3) is 0 Å². The van der Waals surface area contributed by atoms with Crippen molar-refractivity contribution in [3.05, 3.63) is 36.2 Å². The van der Waals surface area contributed by atoms with Crippen molar-refractivity contribution in [1.29, 1.82) is 0 Å². The first-order valence-corrected chi connectivity index (χ1v) is 9.36. The minimum absolute atomic E-state index is 0.115. The predicted molar refractivity (Wildman–Crippen MR) is 94.0 cm³/mol. The van der Waals surface area contributed by atoms with Crippen LogP contribution in [0.5, 0.6) is 0 Å². The van der Waals surface area contributed by atoms with Gasteiger partial charge in [-0.15, -0.1) is 0 Å². The monoisotopic (exact) mass is 394 g/mol. The molecule has 0 saturated carbocycles. The van der Waals surface area contributed by atoms with Crippen LogP contribution in [-0.2, 0) is 18.9 Å². The van der Waals surface area contributed by atoms with Gasteiger partial charge in [0.1, 0.15) is 24.2 Å². The highest BCUT2D eigenvalue weighted by Gasteiger charge is 2.48. The van der Waals surface area contributed by atoms with E-state index < -0.39 is 17.7 Å². The third kappa shape index (κ3) is 3.85. The van der Waals surface area contributed by atoms with Crippen LogP contribution in [0, 0.1) is 0 Å². The number of ether oxygens (including phenoxy) is 4. The van der Waals surface area contributed by atoms with Gasteiger partial charge < -0.3 is 32.9 Å². The van der Waals surface area contributed by atoms with Gasteiger partial charge in [-0.05, 0) is 34.6 Å². The Labute approximate surface area is 162 Å². The molecule has 0 bridgehead atoms. The van der Waals surface area contributed by atoms with Crippen LogP contribution < -0.4 is 0 Å². The Balaban J connectivity index is 1.53. The topological polar surface area (TPSA) is 109 Å². The van der Waals surface area contributed by atoms with Crippen molar-refractivity contribution in [3.63, 3.8) is 0 Å². The lowest BCUT2D eigenvalue weighted by molar-refractivity contribution is -0.319. The normalized spacial score (nSPS) is 33.1. The number of aliphatic hydroxyl groups is 1. The molecule has 5 atom stereocenters. The molecule has 28 heavy (non-hydrogen) atoms. The zero-order chi connectivity index (χ0) is 20.1. The summed E-state index contributed by atoms with van der Waals surface area (Å²) in [4.78, 5) is 8.20. The first kappa shape index (κ1) is 19.5. The van der Waals surface area contributed by atoms with Crippen molar-refractivity contribution >= 4 is 0 Å². The molecule has 2 aliphatic heterocycles. The second kappa shape index (κ2) is 6.93. The van der Waals surface area contributed by atoms with E-state index in [1.54, 1.807) is 0 Å². The van der Waals surface area contributed by atoms with E-state index in [1.807, 2.05) is 34.6 Å². The highest BCUT2D eigenvalue weighted by Crippen LogP contribution is 2.41. The Bertz CT molecular complexity index is 801. The lowest BCUT2D eigenvalue weighted by Gasteiger charge is -2.42. The molecule has 9 nitrogen and oxygen atoms in total. The average Bonchev–Trinajstić information content (AvgIpc) is 3.32. The van der Waals surface area contributed by atoms with Gasteiger partial charge in [0, 0.05) is 6.42 Å². The van der Waals surface area contributed by atoms with Gasteiger partial charge >= 0.3 is 0 Å². The molecule has 0 amide bonds. The van der Waals surface area contributed by atoms with Crippen molar-refractivity contribution < 1.29 is 32.9 Å². The van der Waals surface area contributed by atoms with Crippen LogP contribution in [-0.4, -0.2) is 45.0 Å². The largest absolute Gasteiger partial charge is 0.445 e. The van der Waals surface area contributed by atoms with Crippen molar-refractivity contribution in [1.82, 2.24) is 9.97 Å². The number of nitrogens with zero attached hydrogens (tertiary/aromatic N) is 2. The summed E-state index contributed by atoms with van der Waals surface area (Å²) < 4.78 is 34.7. The van der Waals surface area contributed by atoms with E-state index in [4.69, 9.17) is 27.8 Å². The summed E-state index contributed by atoms with van der Waals surface area (Å²) in [5.74, 6) is -1.13. The van der Waals surface area contributed by atoms with E-state index in [0.29, 0.717) is 12.1 Å². The number of rotatable bonds is 4. The van der Waals surface area contributed by atoms with Gasteiger partial charge in [-0.2, -0.15) is 0 Å². The molecule has 0 spiro atoms. The SMILES string of the molecule is C[C@H]1OC(C)(C)O[C@@H]1[C@H]1C[C@@H](c2coc([C@@H](O)c3cnco3)n2)OC(C)(C)O1. The Morgan fingerprint density at radius 3 is 2.46 bits per heavy atom. The fraction of sp³-hybridized carbons (Fsp3) is 0.684. The molecule has 154 valence electrons. The highest BCUT2D eigenvalue weighted by molar-refractivity contribution is 5.11. The summed E-state index contributed by atoms with van der Waals surface area (Å²) in [7, 11) is 0. The summed E-state index contributed by atoms with van der Waals surface area (Å²) in [6, 6.07) is 0. The van der Waals surface area contributed by atoms with Crippen LogP contribution >= 0.6 is 0 Å². The van der Waals surface area contributed by atoms with Crippen molar-refractivity contribution in [3.8, 4) is 0 Å². The molecule has 0 aromatic carbocycles. The molecular formula is C19H26N2O7. The van der Waals surface area contributed by atoms with Crippen molar-refractivity contribution in [2.75, 3.05) is 0 Å². The molecule has 0 radical (unpaired) electrons. The molecule has 0 unspecified atom stereocenters. The molecule has 9 heteroatoms. The maximum absolute atomic E-state index is 10.3. The van der Waals surface area contributed by atoms with E-state index in [2.05, 4.69) is 9.97 Å². The van der Waals surface area contributed by atoms with Gasteiger partial charge in [0.2, 0.25) is 5.89 Å². The predicted octanol–water partition coefficient (Wildman–Crippen LogP) is 2.87. The Morgan fingerprint density at radius 1 is 1.07 bits per heavy atom. The third-order valence-corrected chi connectivity index (χ3v) is 4.85. The minimum Gasteiger partial charge on any atom is -0.445 e. The Kier molecular flexibility index (Phi) is 4.83. The molecule has 2 saturated heterocycles.